The van der Waals surface area contributed by atoms with Crippen molar-refractivity contribution in [3.63, 3.8) is 0 Å². The summed E-state index contributed by atoms with van der Waals surface area (Å²) in [5, 5.41) is 0.732. The molecule has 11 heavy (non-hydrogen) atoms. The lowest BCUT2D eigenvalue weighted by Gasteiger charge is -2.22. The van der Waals surface area contributed by atoms with E-state index in [4.69, 9.17) is 0 Å². The topological polar surface area (TPSA) is 0 Å². The molecular formula is C10H19B. The van der Waals surface area contributed by atoms with E-state index in [1.807, 2.05) is 0 Å². The van der Waals surface area contributed by atoms with Crippen LogP contribution in [0.5, 0.6) is 0 Å². The molecule has 0 heterocycles. The molecule has 2 fully saturated rings. The standard InChI is InChI=1S/C10H19B/c1-2-10(11)6-8-4-3-5-9(8)7-10/h8-9H,2-7,11H2,1H3. The Morgan fingerprint density at radius 1 is 1.27 bits per heavy atom. The van der Waals surface area contributed by atoms with Crippen LogP contribution in [0.15, 0.2) is 0 Å². The molecule has 0 nitrogen and oxygen atoms in total. The van der Waals surface area contributed by atoms with Crippen LogP contribution in [0, 0.1) is 11.8 Å². The van der Waals surface area contributed by atoms with Gasteiger partial charge in [0.2, 0.25) is 0 Å². The van der Waals surface area contributed by atoms with Crippen molar-refractivity contribution in [3.8, 4) is 0 Å². The maximum atomic E-state index is 2.49. The molecule has 0 aromatic carbocycles. The van der Waals surface area contributed by atoms with Crippen molar-refractivity contribution in [2.45, 2.75) is 50.8 Å². The highest BCUT2D eigenvalue weighted by Crippen LogP contribution is 2.56. The molecule has 0 aliphatic heterocycles. The molecule has 0 aromatic rings. The summed E-state index contributed by atoms with van der Waals surface area (Å²) in [6.07, 6.45) is 9.08. The summed E-state index contributed by atoms with van der Waals surface area (Å²) in [5.41, 5.74) is 0. The zero-order valence-electron chi connectivity index (χ0n) is 7.90. The fraction of sp³-hybridized carbons (Fsp3) is 1.00. The van der Waals surface area contributed by atoms with Gasteiger partial charge in [0, 0.05) is 0 Å². The highest BCUT2D eigenvalue weighted by molar-refractivity contribution is 6.15. The molecule has 2 atom stereocenters. The molecule has 0 radical (unpaired) electrons. The van der Waals surface area contributed by atoms with Crippen LogP contribution < -0.4 is 0 Å². The molecule has 62 valence electrons. The predicted molar refractivity (Wildman–Crippen MR) is 51.6 cm³/mol. The van der Waals surface area contributed by atoms with E-state index in [0.29, 0.717) is 0 Å². The summed E-state index contributed by atoms with van der Waals surface area (Å²) in [4.78, 5) is 0. The molecule has 2 aliphatic rings. The second-order valence-corrected chi connectivity index (χ2v) is 5.02. The SMILES string of the molecule is BC1(CC)CC2CCCC2C1. The molecule has 0 spiro atoms. The average Bonchev–Trinajstić information content (AvgIpc) is 2.46. The maximum absolute atomic E-state index is 2.49. The lowest BCUT2D eigenvalue weighted by atomic mass is 9.64. The minimum Gasteiger partial charge on any atom is -0.0655 e. The van der Waals surface area contributed by atoms with Crippen molar-refractivity contribution in [1.82, 2.24) is 0 Å². The lowest BCUT2D eigenvalue weighted by molar-refractivity contribution is 0.457. The first kappa shape index (κ1) is 7.70. The fourth-order valence-corrected chi connectivity index (χ4v) is 3.29. The van der Waals surface area contributed by atoms with Crippen LogP contribution in [0.3, 0.4) is 0 Å². The summed E-state index contributed by atoms with van der Waals surface area (Å²) in [6.45, 7) is 2.36. The van der Waals surface area contributed by atoms with Gasteiger partial charge in [-0.1, -0.05) is 50.8 Å². The van der Waals surface area contributed by atoms with Gasteiger partial charge in [0.25, 0.3) is 0 Å². The monoisotopic (exact) mass is 150 g/mol. The molecule has 2 unspecified atom stereocenters. The van der Waals surface area contributed by atoms with Gasteiger partial charge in [0.05, 0.1) is 0 Å². The summed E-state index contributed by atoms with van der Waals surface area (Å²) in [5.74, 6) is 2.25. The Bertz CT molecular complexity index is 141. The van der Waals surface area contributed by atoms with Crippen LogP contribution in [-0.2, 0) is 0 Å². The van der Waals surface area contributed by atoms with Gasteiger partial charge in [-0.3, -0.25) is 0 Å². The molecular weight excluding hydrogens is 131 g/mol. The number of rotatable bonds is 1. The molecule has 0 N–H and O–H groups in total. The van der Waals surface area contributed by atoms with Crippen molar-refractivity contribution in [2.75, 3.05) is 0 Å². The van der Waals surface area contributed by atoms with Gasteiger partial charge < -0.3 is 0 Å². The molecule has 0 bridgehead atoms. The first-order chi connectivity index (χ1) is 5.23. The first-order valence-corrected chi connectivity index (χ1v) is 5.23. The van der Waals surface area contributed by atoms with E-state index in [1.54, 1.807) is 12.8 Å². The molecule has 0 amide bonds. The lowest BCUT2D eigenvalue weighted by Crippen LogP contribution is -2.07. The zero-order valence-corrected chi connectivity index (χ0v) is 7.90. The molecule has 2 saturated carbocycles. The van der Waals surface area contributed by atoms with E-state index in [-0.39, 0.29) is 0 Å². The van der Waals surface area contributed by atoms with Gasteiger partial charge >= 0.3 is 0 Å². The van der Waals surface area contributed by atoms with E-state index < -0.39 is 0 Å². The fourth-order valence-electron chi connectivity index (χ4n) is 3.29. The van der Waals surface area contributed by atoms with E-state index >= 15 is 0 Å². The van der Waals surface area contributed by atoms with Crippen molar-refractivity contribution in [1.29, 1.82) is 0 Å². The van der Waals surface area contributed by atoms with Gasteiger partial charge in [-0.25, -0.2) is 0 Å². The Kier molecular flexibility index (Phi) is 1.77. The van der Waals surface area contributed by atoms with Gasteiger partial charge in [-0.05, 0) is 11.8 Å². The molecule has 1 heteroatoms. The second-order valence-electron chi connectivity index (χ2n) is 5.02. The Labute approximate surface area is 71.2 Å². The van der Waals surface area contributed by atoms with Crippen LogP contribution in [0.1, 0.15) is 45.4 Å². The minimum absolute atomic E-state index is 0.732. The number of fused-ring (bicyclic) bond motifs is 1. The minimum atomic E-state index is 0.732. The third-order valence-electron chi connectivity index (χ3n) is 4.18. The summed E-state index contributed by atoms with van der Waals surface area (Å²) >= 11 is 0. The van der Waals surface area contributed by atoms with E-state index in [2.05, 4.69) is 14.8 Å². The van der Waals surface area contributed by atoms with Gasteiger partial charge in [0.1, 0.15) is 7.85 Å². The Morgan fingerprint density at radius 3 is 2.27 bits per heavy atom. The zero-order chi connectivity index (χ0) is 7.90. The van der Waals surface area contributed by atoms with Crippen LogP contribution in [-0.4, -0.2) is 7.85 Å². The van der Waals surface area contributed by atoms with Gasteiger partial charge in [-0.15, -0.1) is 0 Å². The average molecular weight is 150 g/mol. The van der Waals surface area contributed by atoms with Crippen LogP contribution in [0.25, 0.3) is 0 Å². The Balaban J connectivity index is 2.04. The van der Waals surface area contributed by atoms with Crippen molar-refractivity contribution in [3.05, 3.63) is 0 Å². The van der Waals surface area contributed by atoms with Crippen LogP contribution >= 0.6 is 0 Å². The highest BCUT2D eigenvalue weighted by Gasteiger charge is 2.42. The van der Waals surface area contributed by atoms with Gasteiger partial charge in [0.15, 0.2) is 0 Å². The number of hydrogen-bond donors (Lipinski definition) is 0. The highest BCUT2D eigenvalue weighted by atomic mass is 14.5. The summed E-state index contributed by atoms with van der Waals surface area (Å²) in [7, 11) is 2.49. The Morgan fingerprint density at radius 2 is 1.82 bits per heavy atom. The Hall–Kier alpha value is 0.0649. The smallest absolute Gasteiger partial charge is 0.0655 e. The quantitative estimate of drug-likeness (QED) is 0.503. The van der Waals surface area contributed by atoms with Crippen molar-refractivity contribution < 1.29 is 0 Å². The summed E-state index contributed by atoms with van der Waals surface area (Å²) in [6, 6.07) is 0. The summed E-state index contributed by atoms with van der Waals surface area (Å²) < 4.78 is 0. The third-order valence-corrected chi connectivity index (χ3v) is 4.18. The normalized spacial score (nSPS) is 49.5. The number of hydrogen-bond acceptors (Lipinski definition) is 0. The van der Waals surface area contributed by atoms with E-state index in [0.717, 1.165) is 17.2 Å². The maximum Gasteiger partial charge on any atom is 0.109 e. The predicted octanol–water partition coefficient (Wildman–Crippen LogP) is 2.40. The van der Waals surface area contributed by atoms with E-state index in [9.17, 15) is 0 Å². The third kappa shape index (κ3) is 1.23. The van der Waals surface area contributed by atoms with E-state index in [1.165, 1.54) is 25.7 Å². The molecule has 2 rings (SSSR count). The molecule has 0 aromatic heterocycles. The van der Waals surface area contributed by atoms with Crippen molar-refractivity contribution in [2.24, 2.45) is 11.8 Å². The largest absolute Gasteiger partial charge is 0.109 e. The second kappa shape index (κ2) is 2.53. The molecule has 0 saturated heterocycles. The van der Waals surface area contributed by atoms with Crippen molar-refractivity contribution >= 4 is 7.85 Å². The van der Waals surface area contributed by atoms with Crippen LogP contribution in [0.4, 0.5) is 0 Å². The first-order valence-electron chi connectivity index (χ1n) is 5.23. The van der Waals surface area contributed by atoms with Crippen LogP contribution in [0.2, 0.25) is 5.31 Å². The molecule has 2 aliphatic carbocycles. The van der Waals surface area contributed by atoms with Gasteiger partial charge in [-0.2, -0.15) is 0 Å².